The number of hydrogen-bond acceptors (Lipinski definition) is 4. The van der Waals surface area contributed by atoms with E-state index < -0.39 is 9.84 Å². The van der Waals surface area contributed by atoms with Gasteiger partial charge in [-0.2, -0.15) is 5.10 Å². The standard InChI is InChI=1S/C19H19N3O3S/c1-14-4-9-17(26(2,24)25)12-18(14)19(23)20-13-15-5-7-16(8-6-15)22-11-3-10-21-22/h3-12H,13H2,1-2H3,(H,20,23). The van der Waals surface area contributed by atoms with Crippen LogP contribution in [0.5, 0.6) is 0 Å². The van der Waals surface area contributed by atoms with Crippen LogP contribution in [-0.4, -0.2) is 30.4 Å². The third-order valence-electron chi connectivity index (χ3n) is 4.04. The van der Waals surface area contributed by atoms with E-state index in [1.54, 1.807) is 23.9 Å². The van der Waals surface area contributed by atoms with Gasteiger partial charge in [0.05, 0.1) is 10.6 Å². The molecule has 3 aromatic rings. The van der Waals surface area contributed by atoms with Crippen LogP contribution in [0.1, 0.15) is 21.5 Å². The Kier molecular flexibility index (Phi) is 4.90. The second-order valence-corrected chi connectivity index (χ2v) is 8.06. The molecular formula is C19H19N3O3S. The molecule has 0 aliphatic heterocycles. The van der Waals surface area contributed by atoms with E-state index in [1.165, 1.54) is 12.1 Å². The first-order chi connectivity index (χ1) is 12.3. The number of nitrogens with zero attached hydrogens (tertiary/aromatic N) is 2. The molecule has 0 spiro atoms. The number of carbonyl (C=O) groups is 1. The van der Waals surface area contributed by atoms with Gasteiger partial charge in [-0.1, -0.05) is 18.2 Å². The highest BCUT2D eigenvalue weighted by molar-refractivity contribution is 7.90. The highest BCUT2D eigenvalue weighted by Crippen LogP contribution is 2.16. The molecule has 1 amide bonds. The van der Waals surface area contributed by atoms with Gasteiger partial charge in [0.15, 0.2) is 9.84 Å². The fourth-order valence-electron chi connectivity index (χ4n) is 2.54. The summed E-state index contributed by atoms with van der Waals surface area (Å²) in [5.74, 6) is -0.302. The molecule has 0 bridgehead atoms. The normalized spacial score (nSPS) is 11.3. The Bertz CT molecular complexity index is 1020. The molecule has 6 nitrogen and oxygen atoms in total. The van der Waals surface area contributed by atoms with Gasteiger partial charge in [0, 0.05) is 30.8 Å². The maximum atomic E-state index is 12.5. The van der Waals surface area contributed by atoms with E-state index in [0.717, 1.165) is 23.1 Å². The minimum absolute atomic E-state index is 0.136. The molecule has 1 heterocycles. The Labute approximate surface area is 152 Å². The Hall–Kier alpha value is -2.93. The fourth-order valence-corrected chi connectivity index (χ4v) is 3.19. The summed E-state index contributed by atoms with van der Waals surface area (Å²) in [6.07, 6.45) is 4.69. The predicted octanol–water partition coefficient (Wildman–Crippen LogP) is 2.51. The molecule has 7 heteroatoms. The summed E-state index contributed by atoms with van der Waals surface area (Å²) in [7, 11) is -3.36. The van der Waals surface area contributed by atoms with Crippen LogP contribution in [-0.2, 0) is 16.4 Å². The van der Waals surface area contributed by atoms with E-state index in [2.05, 4.69) is 10.4 Å². The lowest BCUT2D eigenvalue weighted by Crippen LogP contribution is -2.24. The minimum atomic E-state index is -3.36. The van der Waals surface area contributed by atoms with Crippen molar-refractivity contribution in [1.29, 1.82) is 0 Å². The summed E-state index contributed by atoms with van der Waals surface area (Å²) in [5.41, 5.74) is 2.96. The zero-order valence-electron chi connectivity index (χ0n) is 14.5. The average Bonchev–Trinajstić information content (AvgIpc) is 3.14. The molecule has 0 aliphatic rings. The van der Waals surface area contributed by atoms with Crippen molar-refractivity contribution in [1.82, 2.24) is 15.1 Å². The van der Waals surface area contributed by atoms with E-state index in [9.17, 15) is 13.2 Å². The van der Waals surface area contributed by atoms with Crippen LogP contribution < -0.4 is 5.32 Å². The van der Waals surface area contributed by atoms with E-state index >= 15 is 0 Å². The summed E-state index contributed by atoms with van der Waals surface area (Å²) in [5, 5.41) is 7.00. The lowest BCUT2D eigenvalue weighted by Gasteiger charge is -2.10. The molecule has 1 aromatic heterocycles. The Morgan fingerprint density at radius 1 is 1.15 bits per heavy atom. The first-order valence-corrected chi connectivity index (χ1v) is 9.91. The van der Waals surface area contributed by atoms with Gasteiger partial charge < -0.3 is 5.32 Å². The zero-order chi connectivity index (χ0) is 18.7. The molecule has 2 aromatic carbocycles. The third kappa shape index (κ3) is 4.00. The summed E-state index contributed by atoms with van der Waals surface area (Å²) in [6, 6.07) is 14.1. The number of aromatic nitrogens is 2. The molecule has 0 atom stereocenters. The van der Waals surface area contributed by atoms with E-state index in [-0.39, 0.29) is 10.8 Å². The summed E-state index contributed by atoms with van der Waals surface area (Å²) >= 11 is 0. The molecular weight excluding hydrogens is 350 g/mol. The van der Waals surface area contributed by atoms with Gasteiger partial charge in [0.1, 0.15) is 0 Å². The van der Waals surface area contributed by atoms with Crippen molar-refractivity contribution in [2.75, 3.05) is 6.26 Å². The minimum Gasteiger partial charge on any atom is -0.348 e. The topological polar surface area (TPSA) is 81.1 Å². The molecule has 0 aliphatic carbocycles. The van der Waals surface area contributed by atoms with Gasteiger partial charge in [0.2, 0.25) is 0 Å². The fraction of sp³-hybridized carbons (Fsp3) is 0.158. The van der Waals surface area contributed by atoms with Gasteiger partial charge in [0.25, 0.3) is 5.91 Å². The summed E-state index contributed by atoms with van der Waals surface area (Å²) in [4.78, 5) is 12.6. The second-order valence-electron chi connectivity index (χ2n) is 6.05. The van der Waals surface area contributed by atoms with Crippen LogP contribution in [0.3, 0.4) is 0 Å². The monoisotopic (exact) mass is 369 g/mol. The first kappa shape index (κ1) is 17.9. The number of carbonyl (C=O) groups excluding carboxylic acids is 1. The Balaban J connectivity index is 1.71. The van der Waals surface area contributed by atoms with Crippen molar-refractivity contribution < 1.29 is 13.2 Å². The maximum absolute atomic E-state index is 12.5. The SMILES string of the molecule is Cc1ccc(S(C)(=O)=O)cc1C(=O)NCc1ccc(-n2cccn2)cc1. The van der Waals surface area contributed by atoms with Crippen molar-refractivity contribution in [2.24, 2.45) is 0 Å². The number of aryl methyl sites for hydroxylation is 1. The van der Waals surface area contributed by atoms with Crippen LogP contribution in [0.2, 0.25) is 0 Å². The molecule has 0 unspecified atom stereocenters. The number of rotatable bonds is 5. The van der Waals surface area contributed by atoms with E-state index in [4.69, 9.17) is 0 Å². The number of amides is 1. The van der Waals surface area contributed by atoms with Crippen molar-refractivity contribution in [3.05, 3.63) is 77.6 Å². The van der Waals surface area contributed by atoms with E-state index in [1.807, 2.05) is 36.5 Å². The van der Waals surface area contributed by atoms with Gasteiger partial charge in [-0.05, 0) is 48.4 Å². The summed E-state index contributed by atoms with van der Waals surface area (Å²) < 4.78 is 25.1. The molecule has 0 fully saturated rings. The van der Waals surface area contributed by atoms with Crippen LogP contribution in [0.4, 0.5) is 0 Å². The van der Waals surface area contributed by atoms with Crippen LogP contribution in [0.15, 0.2) is 65.8 Å². The highest BCUT2D eigenvalue weighted by atomic mass is 32.2. The smallest absolute Gasteiger partial charge is 0.251 e. The van der Waals surface area contributed by atoms with Crippen molar-refractivity contribution in [2.45, 2.75) is 18.4 Å². The third-order valence-corrected chi connectivity index (χ3v) is 5.15. The lowest BCUT2D eigenvalue weighted by atomic mass is 10.1. The number of benzene rings is 2. The lowest BCUT2D eigenvalue weighted by molar-refractivity contribution is 0.0950. The van der Waals surface area contributed by atoms with Gasteiger partial charge in [-0.25, -0.2) is 13.1 Å². The van der Waals surface area contributed by atoms with Crippen LogP contribution in [0.25, 0.3) is 5.69 Å². The Morgan fingerprint density at radius 2 is 1.88 bits per heavy atom. The zero-order valence-corrected chi connectivity index (χ0v) is 15.3. The maximum Gasteiger partial charge on any atom is 0.251 e. The molecule has 1 N–H and O–H groups in total. The Morgan fingerprint density at radius 3 is 2.50 bits per heavy atom. The molecule has 0 saturated heterocycles. The first-order valence-electron chi connectivity index (χ1n) is 8.02. The van der Waals surface area contributed by atoms with Crippen molar-refractivity contribution in [3.8, 4) is 5.69 Å². The number of nitrogens with one attached hydrogen (secondary N) is 1. The average molecular weight is 369 g/mol. The van der Waals surface area contributed by atoms with Gasteiger partial charge in [-0.3, -0.25) is 4.79 Å². The summed E-state index contributed by atoms with van der Waals surface area (Å²) in [6.45, 7) is 2.13. The molecule has 0 radical (unpaired) electrons. The number of hydrogen-bond donors (Lipinski definition) is 1. The largest absolute Gasteiger partial charge is 0.348 e. The highest BCUT2D eigenvalue weighted by Gasteiger charge is 2.14. The second kappa shape index (κ2) is 7.13. The van der Waals surface area contributed by atoms with Gasteiger partial charge >= 0.3 is 0 Å². The number of sulfone groups is 1. The van der Waals surface area contributed by atoms with E-state index in [0.29, 0.717) is 12.1 Å². The van der Waals surface area contributed by atoms with Gasteiger partial charge in [-0.15, -0.1) is 0 Å². The van der Waals surface area contributed by atoms with Crippen molar-refractivity contribution in [3.63, 3.8) is 0 Å². The van der Waals surface area contributed by atoms with Crippen LogP contribution >= 0.6 is 0 Å². The quantitative estimate of drug-likeness (QED) is 0.749. The molecule has 0 saturated carbocycles. The molecule has 134 valence electrons. The predicted molar refractivity (Wildman–Crippen MR) is 99.0 cm³/mol. The van der Waals surface area contributed by atoms with Crippen LogP contribution in [0, 0.1) is 6.92 Å². The molecule has 26 heavy (non-hydrogen) atoms. The van der Waals surface area contributed by atoms with Crippen molar-refractivity contribution >= 4 is 15.7 Å². The molecule has 3 rings (SSSR count).